The first-order valence-electron chi connectivity index (χ1n) is 5.02. The van der Waals surface area contributed by atoms with E-state index in [1.165, 1.54) is 0 Å². The van der Waals surface area contributed by atoms with Crippen molar-refractivity contribution >= 4 is 0 Å². The Kier molecular flexibility index (Phi) is 3.82. The molecule has 0 aromatic heterocycles. The van der Waals surface area contributed by atoms with E-state index in [1.54, 1.807) is 0 Å². The molecule has 0 radical (unpaired) electrons. The summed E-state index contributed by atoms with van der Waals surface area (Å²) in [5, 5.41) is 8.55. The van der Waals surface area contributed by atoms with E-state index in [-0.39, 0.29) is 12.5 Å². The van der Waals surface area contributed by atoms with Crippen LogP contribution in [0, 0.1) is 11.3 Å². The maximum absolute atomic E-state index is 12.6. The van der Waals surface area contributed by atoms with E-state index in [0.717, 1.165) is 26.3 Å². The number of likely N-dealkylation sites (tertiary alicyclic amines) is 1. The molecule has 1 saturated heterocycles. The molecule has 2 nitrogen and oxygen atoms in total. The molecule has 1 aliphatic rings. The molecule has 0 N–H and O–H groups in total. The molecule has 0 bridgehead atoms. The average molecular weight is 202 g/mol. The Morgan fingerprint density at radius 2 is 2.29 bits per heavy atom. The van der Waals surface area contributed by atoms with Gasteiger partial charge in [-0.2, -0.15) is 5.26 Å². The Hall–Kier alpha value is -0.690. The molecule has 1 heterocycles. The topological polar surface area (TPSA) is 27.0 Å². The van der Waals surface area contributed by atoms with Gasteiger partial charge in [-0.05, 0) is 26.3 Å². The first kappa shape index (κ1) is 11.4. The van der Waals surface area contributed by atoms with Gasteiger partial charge in [-0.15, -0.1) is 0 Å². The predicted octanol–water partition coefficient (Wildman–Crippen LogP) is 2.41. The van der Waals surface area contributed by atoms with Gasteiger partial charge in [0, 0.05) is 19.0 Å². The molecular weight excluding hydrogens is 186 g/mol. The summed E-state index contributed by atoms with van der Waals surface area (Å²) in [7, 11) is 0. The number of hydrogen-bond donors (Lipinski definition) is 0. The van der Waals surface area contributed by atoms with Crippen molar-refractivity contribution in [1.29, 1.82) is 5.26 Å². The number of rotatable bonds is 4. The fourth-order valence-electron chi connectivity index (χ4n) is 1.87. The molecule has 0 aromatic rings. The SMILES string of the molecule is CC(F)(F)CCN1CCCC1CC#N. The van der Waals surface area contributed by atoms with E-state index in [1.807, 2.05) is 4.90 Å². The maximum atomic E-state index is 12.6. The minimum Gasteiger partial charge on any atom is -0.299 e. The van der Waals surface area contributed by atoms with Crippen molar-refractivity contribution in [3.8, 4) is 6.07 Å². The second-order valence-electron chi connectivity index (χ2n) is 4.01. The summed E-state index contributed by atoms with van der Waals surface area (Å²) >= 11 is 0. The second kappa shape index (κ2) is 4.70. The monoisotopic (exact) mass is 202 g/mol. The van der Waals surface area contributed by atoms with Crippen LogP contribution in [0.15, 0.2) is 0 Å². The molecule has 1 aliphatic heterocycles. The fourth-order valence-corrected chi connectivity index (χ4v) is 1.87. The molecule has 1 fully saturated rings. The molecule has 0 saturated carbocycles. The Labute approximate surface area is 83.5 Å². The number of hydrogen-bond acceptors (Lipinski definition) is 2. The predicted molar refractivity (Wildman–Crippen MR) is 50.1 cm³/mol. The van der Waals surface area contributed by atoms with Crippen molar-refractivity contribution in [2.24, 2.45) is 0 Å². The third-order valence-electron chi connectivity index (χ3n) is 2.66. The standard InChI is InChI=1S/C10H16F2N2/c1-10(11,12)5-8-14-7-2-3-9(14)4-6-13/h9H,2-5,7-8H2,1H3. The number of halogens is 2. The van der Waals surface area contributed by atoms with Crippen LogP contribution in [0.2, 0.25) is 0 Å². The van der Waals surface area contributed by atoms with E-state index >= 15 is 0 Å². The Morgan fingerprint density at radius 1 is 1.57 bits per heavy atom. The highest BCUT2D eigenvalue weighted by molar-refractivity contribution is 4.87. The molecular formula is C10H16F2N2. The number of nitrogens with zero attached hydrogens (tertiary/aromatic N) is 2. The van der Waals surface area contributed by atoms with E-state index in [0.29, 0.717) is 13.0 Å². The first-order valence-corrected chi connectivity index (χ1v) is 5.02. The summed E-state index contributed by atoms with van der Waals surface area (Å²) in [5.74, 6) is -2.58. The van der Waals surface area contributed by atoms with Crippen LogP contribution in [0.4, 0.5) is 8.78 Å². The van der Waals surface area contributed by atoms with Crippen LogP contribution in [-0.4, -0.2) is 30.0 Å². The van der Waals surface area contributed by atoms with Crippen LogP contribution in [-0.2, 0) is 0 Å². The summed E-state index contributed by atoms with van der Waals surface area (Å²) in [6, 6.07) is 2.32. The molecule has 0 aromatic carbocycles. The van der Waals surface area contributed by atoms with Gasteiger partial charge >= 0.3 is 0 Å². The van der Waals surface area contributed by atoms with Crippen LogP contribution >= 0.6 is 0 Å². The van der Waals surface area contributed by atoms with Gasteiger partial charge in [-0.1, -0.05) is 0 Å². The molecule has 1 unspecified atom stereocenters. The lowest BCUT2D eigenvalue weighted by Gasteiger charge is -2.23. The zero-order chi connectivity index (χ0) is 10.6. The minimum absolute atomic E-state index is 0.102. The highest BCUT2D eigenvalue weighted by Gasteiger charge is 2.28. The third kappa shape index (κ3) is 3.59. The lowest BCUT2D eigenvalue weighted by molar-refractivity contribution is 0.00229. The van der Waals surface area contributed by atoms with Crippen molar-refractivity contribution < 1.29 is 8.78 Å². The van der Waals surface area contributed by atoms with Gasteiger partial charge < -0.3 is 0 Å². The molecule has 4 heteroatoms. The van der Waals surface area contributed by atoms with Crippen molar-refractivity contribution in [3.63, 3.8) is 0 Å². The Balaban J connectivity index is 2.33. The molecule has 0 aliphatic carbocycles. The zero-order valence-electron chi connectivity index (χ0n) is 8.47. The first-order chi connectivity index (χ1) is 6.53. The molecule has 0 spiro atoms. The van der Waals surface area contributed by atoms with Crippen molar-refractivity contribution in [2.45, 2.75) is 44.6 Å². The van der Waals surface area contributed by atoms with Gasteiger partial charge in [0.25, 0.3) is 0 Å². The Morgan fingerprint density at radius 3 is 2.86 bits per heavy atom. The van der Waals surface area contributed by atoms with E-state index in [2.05, 4.69) is 6.07 Å². The lowest BCUT2D eigenvalue weighted by Crippen LogP contribution is -2.32. The minimum atomic E-state index is -2.58. The van der Waals surface area contributed by atoms with E-state index < -0.39 is 5.92 Å². The largest absolute Gasteiger partial charge is 0.299 e. The maximum Gasteiger partial charge on any atom is 0.246 e. The summed E-state index contributed by atoms with van der Waals surface area (Å²) < 4.78 is 25.2. The lowest BCUT2D eigenvalue weighted by atomic mass is 10.1. The summed E-state index contributed by atoms with van der Waals surface area (Å²) in [4.78, 5) is 2.01. The third-order valence-corrected chi connectivity index (χ3v) is 2.66. The van der Waals surface area contributed by atoms with Gasteiger partial charge in [0.05, 0.1) is 12.5 Å². The van der Waals surface area contributed by atoms with Crippen molar-refractivity contribution in [1.82, 2.24) is 4.90 Å². The van der Waals surface area contributed by atoms with Gasteiger partial charge in [0.1, 0.15) is 0 Å². The van der Waals surface area contributed by atoms with Gasteiger partial charge in [0.2, 0.25) is 5.92 Å². The molecule has 1 rings (SSSR count). The molecule has 80 valence electrons. The highest BCUT2D eigenvalue weighted by Crippen LogP contribution is 2.23. The number of nitriles is 1. The van der Waals surface area contributed by atoms with Gasteiger partial charge in [0.15, 0.2) is 0 Å². The summed E-state index contributed by atoms with van der Waals surface area (Å²) in [6.07, 6.45) is 2.37. The molecule has 1 atom stereocenters. The van der Waals surface area contributed by atoms with Crippen LogP contribution in [0.5, 0.6) is 0 Å². The normalized spacial score (nSPS) is 23.7. The quantitative estimate of drug-likeness (QED) is 0.700. The fraction of sp³-hybridized carbons (Fsp3) is 0.900. The van der Waals surface area contributed by atoms with Crippen LogP contribution in [0.3, 0.4) is 0 Å². The summed E-state index contributed by atoms with van der Waals surface area (Å²) in [5.41, 5.74) is 0. The van der Waals surface area contributed by atoms with Crippen molar-refractivity contribution in [3.05, 3.63) is 0 Å². The smallest absolute Gasteiger partial charge is 0.246 e. The Bertz CT molecular complexity index is 217. The average Bonchev–Trinajstić information content (AvgIpc) is 2.48. The summed E-state index contributed by atoms with van der Waals surface area (Å²) in [6.45, 7) is 2.22. The molecule has 14 heavy (non-hydrogen) atoms. The van der Waals surface area contributed by atoms with E-state index in [9.17, 15) is 8.78 Å². The number of alkyl halides is 2. The zero-order valence-corrected chi connectivity index (χ0v) is 8.47. The van der Waals surface area contributed by atoms with E-state index in [4.69, 9.17) is 5.26 Å². The molecule has 0 amide bonds. The second-order valence-corrected chi connectivity index (χ2v) is 4.01. The van der Waals surface area contributed by atoms with Crippen LogP contribution in [0.1, 0.15) is 32.6 Å². The highest BCUT2D eigenvalue weighted by atomic mass is 19.3. The van der Waals surface area contributed by atoms with Gasteiger partial charge in [-0.3, -0.25) is 4.90 Å². The van der Waals surface area contributed by atoms with Crippen LogP contribution in [0.25, 0.3) is 0 Å². The van der Waals surface area contributed by atoms with Gasteiger partial charge in [-0.25, -0.2) is 8.78 Å². The van der Waals surface area contributed by atoms with Crippen LogP contribution < -0.4 is 0 Å². The van der Waals surface area contributed by atoms with Crippen molar-refractivity contribution in [2.75, 3.05) is 13.1 Å².